The minimum Gasteiger partial charge on any atom is -0.469 e. The number of carbonyl (C=O) groups excluding carboxylic acids is 1. The maximum atomic E-state index is 11.9. The molecule has 0 aromatic rings. The average Bonchev–Trinajstić information content (AvgIpc) is 2.12. The third-order valence-corrected chi connectivity index (χ3v) is 4.06. The van der Waals surface area contributed by atoms with E-state index in [1.165, 1.54) is 7.11 Å². The van der Waals surface area contributed by atoms with Crippen LogP contribution in [0.15, 0.2) is 0 Å². The van der Waals surface area contributed by atoms with Crippen molar-refractivity contribution in [1.29, 1.82) is 0 Å². The van der Waals surface area contributed by atoms with Crippen LogP contribution < -0.4 is 4.72 Å². The lowest BCUT2D eigenvalue weighted by atomic mass is 9.95. The van der Waals surface area contributed by atoms with Crippen LogP contribution in [0.5, 0.6) is 0 Å². The van der Waals surface area contributed by atoms with Crippen LogP contribution >= 0.6 is 0 Å². The molecule has 1 aliphatic heterocycles. The van der Waals surface area contributed by atoms with Gasteiger partial charge in [0.25, 0.3) is 0 Å². The minimum absolute atomic E-state index is 0.186. The molecular weight excluding hydrogens is 230 g/mol. The number of esters is 1. The molecule has 1 heterocycles. The zero-order valence-corrected chi connectivity index (χ0v) is 11.0. The second kappa shape index (κ2) is 4.81. The standard InChI is InChI=1S/C10H19NO4S/c1-9(2,3)16(13)11-10(6-15-7-10)5-8(12)14-4/h11H,5-7H2,1-4H3. The molecule has 6 heteroatoms. The van der Waals surface area contributed by atoms with E-state index in [9.17, 15) is 9.00 Å². The largest absolute Gasteiger partial charge is 0.469 e. The summed E-state index contributed by atoms with van der Waals surface area (Å²) in [6.45, 7) is 6.41. The van der Waals surface area contributed by atoms with Gasteiger partial charge in [-0.1, -0.05) is 0 Å². The number of hydrogen-bond acceptors (Lipinski definition) is 4. The van der Waals surface area contributed by atoms with E-state index >= 15 is 0 Å². The highest BCUT2D eigenvalue weighted by atomic mass is 32.2. The van der Waals surface area contributed by atoms with Crippen LogP contribution in [0.3, 0.4) is 0 Å². The first-order chi connectivity index (χ1) is 7.29. The highest BCUT2D eigenvalue weighted by Gasteiger charge is 2.43. The molecule has 1 saturated heterocycles. The van der Waals surface area contributed by atoms with E-state index in [-0.39, 0.29) is 17.1 Å². The van der Waals surface area contributed by atoms with Gasteiger partial charge in [0.05, 0.1) is 48.0 Å². The lowest BCUT2D eigenvalue weighted by Gasteiger charge is -2.42. The van der Waals surface area contributed by atoms with E-state index in [4.69, 9.17) is 4.74 Å². The van der Waals surface area contributed by atoms with E-state index in [0.29, 0.717) is 13.2 Å². The number of methoxy groups -OCH3 is 1. The van der Waals surface area contributed by atoms with Gasteiger partial charge < -0.3 is 9.47 Å². The number of nitrogens with one attached hydrogen (secondary N) is 1. The lowest BCUT2D eigenvalue weighted by Crippen LogP contribution is -2.63. The Labute approximate surface area is 98.5 Å². The molecule has 1 N–H and O–H groups in total. The van der Waals surface area contributed by atoms with Crippen molar-refractivity contribution in [1.82, 2.24) is 4.72 Å². The molecule has 94 valence electrons. The van der Waals surface area contributed by atoms with Gasteiger partial charge in [0.15, 0.2) is 0 Å². The first kappa shape index (κ1) is 13.6. The first-order valence-electron chi connectivity index (χ1n) is 5.13. The third kappa shape index (κ3) is 3.26. The Morgan fingerprint density at radius 2 is 2.06 bits per heavy atom. The molecule has 5 nitrogen and oxygen atoms in total. The summed E-state index contributed by atoms with van der Waals surface area (Å²) < 4.78 is 24.3. The molecule has 0 aliphatic carbocycles. The van der Waals surface area contributed by atoms with Gasteiger partial charge in [-0.3, -0.25) is 4.79 Å². The van der Waals surface area contributed by atoms with Gasteiger partial charge in [0, 0.05) is 0 Å². The fourth-order valence-electron chi connectivity index (χ4n) is 1.24. The van der Waals surface area contributed by atoms with E-state index < -0.39 is 16.5 Å². The average molecular weight is 249 g/mol. The second-order valence-corrected chi connectivity index (χ2v) is 6.98. The molecule has 1 fully saturated rings. The number of carbonyl (C=O) groups is 1. The normalized spacial score (nSPS) is 21.0. The summed E-state index contributed by atoms with van der Waals surface area (Å²) >= 11 is 0. The van der Waals surface area contributed by atoms with Crippen LogP contribution in [-0.2, 0) is 25.3 Å². The van der Waals surface area contributed by atoms with Crippen molar-refractivity contribution in [2.45, 2.75) is 37.5 Å². The highest BCUT2D eigenvalue weighted by molar-refractivity contribution is 7.84. The predicted octanol–water partition coefficient (Wildman–Crippen LogP) is 0.370. The van der Waals surface area contributed by atoms with Gasteiger partial charge in [0.2, 0.25) is 0 Å². The Bertz CT molecular complexity index is 294. The lowest BCUT2D eigenvalue weighted by molar-refractivity contribution is -0.148. The zero-order valence-electron chi connectivity index (χ0n) is 10.2. The predicted molar refractivity (Wildman–Crippen MR) is 61.2 cm³/mol. The Hall–Kier alpha value is -0.460. The minimum atomic E-state index is -1.21. The molecule has 0 aromatic carbocycles. The fraction of sp³-hybridized carbons (Fsp3) is 0.900. The SMILES string of the molecule is COC(=O)CC1(NS(=O)C(C)(C)C)COC1. The maximum Gasteiger partial charge on any atom is 0.307 e. The van der Waals surface area contributed by atoms with Crippen molar-refractivity contribution in [3.63, 3.8) is 0 Å². The zero-order chi connectivity index (χ0) is 12.4. The van der Waals surface area contributed by atoms with Gasteiger partial charge in [-0.05, 0) is 20.8 Å². The molecule has 16 heavy (non-hydrogen) atoms. The molecule has 0 amide bonds. The number of hydrogen-bond donors (Lipinski definition) is 1. The summed E-state index contributed by atoms with van der Waals surface area (Å²) in [5.74, 6) is -0.318. The molecule has 0 spiro atoms. The Morgan fingerprint density at radius 1 is 1.50 bits per heavy atom. The van der Waals surface area contributed by atoms with E-state index in [1.54, 1.807) is 0 Å². The summed E-state index contributed by atoms with van der Waals surface area (Å²) in [5.41, 5.74) is -0.523. The molecule has 0 aromatic heterocycles. The van der Waals surface area contributed by atoms with Gasteiger partial charge in [0.1, 0.15) is 0 Å². The van der Waals surface area contributed by atoms with Gasteiger partial charge in [-0.25, -0.2) is 8.93 Å². The van der Waals surface area contributed by atoms with Crippen LogP contribution in [0.4, 0.5) is 0 Å². The van der Waals surface area contributed by atoms with E-state index in [2.05, 4.69) is 9.46 Å². The van der Waals surface area contributed by atoms with E-state index in [0.717, 1.165) is 0 Å². The summed E-state index contributed by atoms with van der Waals surface area (Å²) in [6.07, 6.45) is 0.186. The topological polar surface area (TPSA) is 64.6 Å². The van der Waals surface area contributed by atoms with Crippen molar-refractivity contribution >= 4 is 17.0 Å². The molecular formula is C10H19NO4S. The highest BCUT2D eigenvalue weighted by Crippen LogP contribution is 2.24. The maximum absolute atomic E-state index is 11.9. The summed E-state index contributed by atoms with van der Waals surface area (Å²) in [7, 11) is 0.132. The van der Waals surface area contributed by atoms with Crippen molar-refractivity contribution in [2.75, 3.05) is 20.3 Å². The van der Waals surface area contributed by atoms with E-state index in [1.807, 2.05) is 20.8 Å². The monoisotopic (exact) mass is 249 g/mol. The Kier molecular flexibility index (Phi) is 4.09. The quantitative estimate of drug-likeness (QED) is 0.731. The van der Waals surface area contributed by atoms with Crippen molar-refractivity contribution in [2.24, 2.45) is 0 Å². The number of rotatable bonds is 4. The van der Waals surface area contributed by atoms with Crippen LogP contribution in [0.2, 0.25) is 0 Å². The second-order valence-electron chi connectivity index (χ2n) is 5.01. The van der Waals surface area contributed by atoms with Crippen LogP contribution in [0.25, 0.3) is 0 Å². The first-order valence-corrected chi connectivity index (χ1v) is 6.28. The molecule has 1 aliphatic rings. The van der Waals surface area contributed by atoms with Crippen molar-refractivity contribution in [3.05, 3.63) is 0 Å². The molecule has 1 rings (SSSR count). The molecule has 0 saturated carbocycles. The fourth-order valence-corrected chi connectivity index (χ4v) is 2.13. The van der Waals surface area contributed by atoms with Crippen molar-refractivity contribution in [3.8, 4) is 0 Å². The van der Waals surface area contributed by atoms with Crippen molar-refractivity contribution < 1.29 is 18.5 Å². The van der Waals surface area contributed by atoms with Gasteiger partial charge in [-0.15, -0.1) is 0 Å². The van der Waals surface area contributed by atoms with Crippen LogP contribution in [0, 0.1) is 0 Å². The van der Waals surface area contributed by atoms with Crippen LogP contribution in [0.1, 0.15) is 27.2 Å². The Morgan fingerprint density at radius 3 is 2.38 bits per heavy atom. The molecule has 1 unspecified atom stereocenters. The summed E-state index contributed by atoms with van der Waals surface area (Å²) in [5, 5.41) is 0. The van der Waals surface area contributed by atoms with Crippen LogP contribution in [-0.4, -0.2) is 40.8 Å². The molecule has 0 bridgehead atoms. The summed E-state index contributed by atoms with van der Waals surface area (Å²) in [4.78, 5) is 11.2. The molecule has 0 radical (unpaired) electrons. The molecule has 1 atom stereocenters. The third-order valence-electron chi connectivity index (χ3n) is 2.33. The number of ether oxygens (including phenoxy) is 2. The van der Waals surface area contributed by atoms with Gasteiger partial charge >= 0.3 is 5.97 Å². The summed E-state index contributed by atoms with van der Waals surface area (Å²) in [6, 6.07) is 0. The van der Waals surface area contributed by atoms with Gasteiger partial charge in [-0.2, -0.15) is 0 Å². The smallest absolute Gasteiger partial charge is 0.307 e. The Balaban J connectivity index is 2.61.